The molecule has 0 aliphatic rings. The zero-order valence-corrected chi connectivity index (χ0v) is 12.8. The summed E-state index contributed by atoms with van der Waals surface area (Å²) in [6.07, 6.45) is 0. The van der Waals surface area contributed by atoms with Gasteiger partial charge in [0.15, 0.2) is 5.82 Å². The highest BCUT2D eigenvalue weighted by molar-refractivity contribution is 14.1. The summed E-state index contributed by atoms with van der Waals surface area (Å²) in [5.41, 5.74) is 0.850. The number of fused-ring (bicyclic) bond motifs is 1. The molecule has 0 bridgehead atoms. The van der Waals surface area contributed by atoms with Gasteiger partial charge in [-0.2, -0.15) is 0 Å². The van der Waals surface area contributed by atoms with Crippen LogP contribution in [-0.2, 0) is 0 Å². The summed E-state index contributed by atoms with van der Waals surface area (Å²) in [6, 6.07) is 17.0. The lowest BCUT2D eigenvalue weighted by Gasteiger charge is -2.06. The summed E-state index contributed by atoms with van der Waals surface area (Å²) in [4.78, 5) is 5.44. The predicted octanol–water partition coefficient (Wildman–Crippen LogP) is 5.13. The van der Waals surface area contributed by atoms with Crippen LogP contribution in [0.5, 0.6) is 0 Å². The maximum atomic E-state index is 14.1. The molecule has 0 aliphatic carbocycles. The minimum absolute atomic E-state index is 0.275. The van der Waals surface area contributed by atoms with Crippen molar-refractivity contribution < 1.29 is 4.39 Å². The Morgan fingerprint density at radius 1 is 1.00 bits per heavy atom. The zero-order chi connectivity index (χ0) is 13.2. The monoisotopic (exact) mass is 381 g/mol. The third-order valence-electron chi connectivity index (χ3n) is 2.68. The maximum absolute atomic E-state index is 14.1. The molecule has 4 heteroatoms. The number of nitrogens with zero attached hydrogens (tertiary/aromatic N) is 1. The van der Waals surface area contributed by atoms with E-state index in [2.05, 4.69) is 27.6 Å². The van der Waals surface area contributed by atoms with Crippen LogP contribution < -0.4 is 0 Å². The van der Waals surface area contributed by atoms with Crippen LogP contribution >= 0.6 is 34.4 Å². The third-order valence-corrected chi connectivity index (χ3v) is 4.53. The summed E-state index contributed by atoms with van der Waals surface area (Å²) >= 11 is 3.57. The van der Waals surface area contributed by atoms with Crippen molar-refractivity contribution in [2.75, 3.05) is 0 Å². The van der Waals surface area contributed by atoms with Crippen molar-refractivity contribution in [3.63, 3.8) is 0 Å². The number of aromatic nitrogens is 1. The second-order valence-electron chi connectivity index (χ2n) is 4.00. The number of halogens is 2. The highest BCUT2D eigenvalue weighted by Crippen LogP contribution is 2.31. The van der Waals surface area contributed by atoms with Gasteiger partial charge < -0.3 is 0 Å². The Kier molecular flexibility index (Phi) is 3.70. The lowest BCUT2D eigenvalue weighted by Crippen LogP contribution is -1.90. The minimum atomic E-state index is -0.275. The Labute approximate surface area is 128 Å². The van der Waals surface area contributed by atoms with Gasteiger partial charge in [0, 0.05) is 13.9 Å². The van der Waals surface area contributed by atoms with Gasteiger partial charge >= 0.3 is 0 Å². The van der Waals surface area contributed by atoms with Gasteiger partial charge in [-0.15, -0.1) is 0 Å². The number of hydrogen-bond donors (Lipinski definition) is 0. The first-order chi connectivity index (χ1) is 9.24. The molecule has 0 spiro atoms. The first-order valence-corrected chi connectivity index (χ1v) is 7.61. The summed E-state index contributed by atoms with van der Waals surface area (Å²) in [5, 5.41) is 1.25. The average molecular weight is 381 g/mol. The van der Waals surface area contributed by atoms with Gasteiger partial charge in [0.25, 0.3) is 0 Å². The highest BCUT2D eigenvalue weighted by Gasteiger charge is 2.09. The van der Waals surface area contributed by atoms with E-state index in [4.69, 9.17) is 0 Å². The fraction of sp³-hybridized carbons (Fsp3) is 0. The SMILES string of the molecule is Fc1cc2cccc(I)c2nc1Sc1ccccc1. The second-order valence-corrected chi connectivity index (χ2v) is 6.23. The van der Waals surface area contributed by atoms with E-state index in [0.29, 0.717) is 5.03 Å². The van der Waals surface area contributed by atoms with Crippen LogP contribution in [0.1, 0.15) is 0 Å². The molecule has 2 aromatic carbocycles. The smallest absolute Gasteiger partial charge is 0.156 e. The summed E-state index contributed by atoms with van der Waals surface area (Å²) in [5.74, 6) is -0.275. The van der Waals surface area contributed by atoms with Gasteiger partial charge in [0.05, 0.1) is 5.52 Å². The minimum Gasteiger partial charge on any atom is -0.237 e. The first kappa shape index (κ1) is 12.9. The van der Waals surface area contributed by atoms with Crippen molar-refractivity contribution in [3.8, 4) is 0 Å². The molecule has 0 atom stereocenters. The molecule has 3 aromatic rings. The van der Waals surface area contributed by atoms with E-state index >= 15 is 0 Å². The van der Waals surface area contributed by atoms with E-state index in [1.165, 1.54) is 11.8 Å². The number of hydrogen-bond acceptors (Lipinski definition) is 2. The Morgan fingerprint density at radius 2 is 1.79 bits per heavy atom. The summed E-state index contributed by atoms with van der Waals surface area (Å²) in [6.45, 7) is 0. The summed E-state index contributed by atoms with van der Waals surface area (Å²) < 4.78 is 15.1. The number of benzene rings is 2. The van der Waals surface area contributed by atoms with E-state index in [1.807, 2.05) is 48.5 Å². The molecule has 0 aliphatic heterocycles. The van der Waals surface area contributed by atoms with Gasteiger partial charge in [-0.1, -0.05) is 42.1 Å². The van der Waals surface area contributed by atoms with Gasteiger partial charge in [0.2, 0.25) is 0 Å². The van der Waals surface area contributed by atoms with Crippen LogP contribution in [0.3, 0.4) is 0 Å². The lowest BCUT2D eigenvalue weighted by molar-refractivity contribution is 0.592. The maximum Gasteiger partial charge on any atom is 0.156 e. The Balaban J connectivity index is 2.09. The molecule has 3 rings (SSSR count). The van der Waals surface area contributed by atoms with Crippen molar-refractivity contribution in [3.05, 3.63) is 64.0 Å². The van der Waals surface area contributed by atoms with Crippen molar-refractivity contribution in [2.45, 2.75) is 9.92 Å². The van der Waals surface area contributed by atoms with Crippen molar-refractivity contribution >= 4 is 45.3 Å². The fourth-order valence-corrected chi connectivity index (χ4v) is 3.24. The van der Waals surface area contributed by atoms with Crippen LogP contribution in [0.15, 0.2) is 64.5 Å². The summed E-state index contributed by atoms with van der Waals surface area (Å²) in [7, 11) is 0. The second kappa shape index (κ2) is 5.46. The van der Waals surface area contributed by atoms with E-state index in [1.54, 1.807) is 6.07 Å². The van der Waals surface area contributed by atoms with E-state index in [0.717, 1.165) is 19.4 Å². The van der Waals surface area contributed by atoms with Crippen LogP contribution in [0.25, 0.3) is 10.9 Å². The predicted molar refractivity (Wildman–Crippen MR) is 85.0 cm³/mol. The van der Waals surface area contributed by atoms with Gasteiger partial charge in [-0.3, -0.25) is 0 Å². The van der Waals surface area contributed by atoms with Crippen LogP contribution in [0.2, 0.25) is 0 Å². The topological polar surface area (TPSA) is 12.9 Å². The molecular formula is C15H9FINS. The fourth-order valence-electron chi connectivity index (χ4n) is 1.79. The van der Waals surface area contributed by atoms with Crippen molar-refractivity contribution in [1.29, 1.82) is 0 Å². The van der Waals surface area contributed by atoms with E-state index in [9.17, 15) is 4.39 Å². The largest absolute Gasteiger partial charge is 0.237 e. The average Bonchev–Trinajstić information content (AvgIpc) is 2.42. The molecule has 0 saturated carbocycles. The van der Waals surface area contributed by atoms with Crippen LogP contribution in [-0.4, -0.2) is 4.98 Å². The zero-order valence-electron chi connectivity index (χ0n) is 9.81. The number of para-hydroxylation sites is 1. The molecule has 1 heterocycles. The molecule has 94 valence electrons. The molecule has 19 heavy (non-hydrogen) atoms. The standard InChI is InChI=1S/C15H9FINS/c16-12-9-10-5-4-8-13(17)14(10)18-15(12)19-11-6-2-1-3-7-11/h1-9H. The molecule has 0 amide bonds. The van der Waals surface area contributed by atoms with Crippen LogP contribution in [0.4, 0.5) is 4.39 Å². The molecule has 0 radical (unpaired) electrons. The first-order valence-electron chi connectivity index (χ1n) is 5.72. The van der Waals surface area contributed by atoms with Gasteiger partial charge in [0.1, 0.15) is 5.03 Å². The Morgan fingerprint density at radius 3 is 2.58 bits per heavy atom. The Bertz CT molecular complexity index is 731. The molecule has 0 unspecified atom stereocenters. The molecule has 1 nitrogen and oxygen atoms in total. The number of pyridine rings is 1. The third kappa shape index (κ3) is 2.74. The number of rotatable bonds is 2. The molecule has 1 aromatic heterocycles. The van der Waals surface area contributed by atoms with Crippen molar-refractivity contribution in [1.82, 2.24) is 4.98 Å². The lowest BCUT2D eigenvalue weighted by atomic mass is 10.2. The quantitative estimate of drug-likeness (QED) is 0.571. The molecule has 0 saturated heterocycles. The van der Waals surface area contributed by atoms with Gasteiger partial charge in [-0.25, -0.2) is 9.37 Å². The molecule has 0 N–H and O–H groups in total. The molecule has 0 fully saturated rings. The van der Waals surface area contributed by atoms with E-state index in [-0.39, 0.29) is 5.82 Å². The van der Waals surface area contributed by atoms with Crippen LogP contribution in [0, 0.1) is 9.39 Å². The van der Waals surface area contributed by atoms with E-state index < -0.39 is 0 Å². The normalized spacial score (nSPS) is 10.8. The van der Waals surface area contributed by atoms with Crippen molar-refractivity contribution in [2.24, 2.45) is 0 Å². The highest BCUT2D eigenvalue weighted by atomic mass is 127. The molecular weight excluding hydrogens is 372 g/mol. The Hall–Kier alpha value is -1.14. The van der Waals surface area contributed by atoms with Gasteiger partial charge in [-0.05, 0) is 46.9 Å².